The average molecular weight is 535 g/mol. The highest BCUT2D eigenvalue weighted by molar-refractivity contribution is 7.90. The Hall–Kier alpha value is -3.95. The quantitative estimate of drug-likeness (QED) is 0.270. The molecule has 186 valence electrons. The molecule has 0 aliphatic heterocycles. The van der Waals surface area contributed by atoms with E-state index in [2.05, 4.69) is 19.9 Å². The van der Waals surface area contributed by atoms with Crippen LogP contribution < -0.4 is 4.74 Å². The minimum Gasteiger partial charge on any atom is -0.496 e. The van der Waals surface area contributed by atoms with Gasteiger partial charge in [0, 0.05) is 23.3 Å². The number of hydrogen-bond donors (Lipinski definition) is 0. The Morgan fingerprint density at radius 3 is 2.46 bits per heavy atom. The van der Waals surface area contributed by atoms with Crippen LogP contribution in [0.4, 0.5) is 4.39 Å². The number of aryl methyl sites for hydroxylation is 1. The number of methoxy groups -OCH3 is 1. The largest absolute Gasteiger partial charge is 0.496 e. The van der Waals surface area contributed by atoms with Gasteiger partial charge >= 0.3 is 0 Å². The van der Waals surface area contributed by atoms with Crippen molar-refractivity contribution < 1.29 is 17.5 Å². The average Bonchev–Trinajstić information content (AvgIpc) is 2.90. The van der Waals surface area contributed by atoms with Gasteiger partial charge in [-0.1, -0.05) is 17.7 Å². The van der Waals surface area contributed by atoms with Crippen molar-refractivity contribution in [2.75, 3.05) is 7.11 Å². The maximum Gasteiger partial charge on any atom is 0.185 e. The summed E-state index contributed by atoms with van der Waals surface area (Å²) in [6.07, 6.45) is 4.39. The van der Waals surface area contributed by atoms with Crippen LogP contribution in [-0.2, 0) is 15.6 Å². The van der Waals surface area contributed by atoms with Crippen LogP contribution in [-0.4, -0.2) is 35.5 Å². The molecule has 0 fully saturated rings. The Balaban J connectivity index is 1.58. The number of benzene rings is 3. The van der Waals surface area contributed by atoms with Gasteiger partial charge in [-0.3, -0.25) is 0 Å². The molecule has 0 aliphatic rings. The normalized spacial score (nSPS) is 11.6. The molecule has 10 heteroatoms. The zero-order chi connectivity index (χ0) is 26.2. The number of rotatable bonds is 6. The SMILES string of the molecule is COc1cc(-c2ccc(F)c(Cl)c2)c(C)cc1-c1ncnc2cc(S(=O)(=O)Cc3ncccn3)ccc12. The van der Waals surface area contributed by atoms with Gasteiger partial charge in [-0.2, -0.15) is 0 Å². The van der Waals surface area contributed by atoms with Gasteiger partial charge in [0.15, 0.2) is 9.84 Å². The second-order valence-electron chi connectivity index (χ2n) is 8.32. The Labute approximate surface area is 217 Å². The maximum atomic E-state index is 13.7. The van der Waals surface area contributed by atoms with Crippen molar-refractivity contribution in [3.63, 3.8) is 0 Å². The van der Waals surface area contributed by atoms with Crippen LogP contribution in [0.2, 0.25) is 5.02 Å². The second-order valence-corrected chi connectivity index (χ2v) is 10.7. The standard InChI is InChI=1S/C27H20ClFN4O3S/c1-16-10-21(25(36-2)13-20(16)17-4-7-23(29)22(28)11-17)27-19-6-5-18(12-24(19)32-15-33-27)37(34,35)14-26-30-8-3-9-31-26/h3-13,15H,14H2,1-2H3. The van der Waals surface area contributed by atoms with Gasteiger partial charge in [0.05, 0.1) is 28.2 Å². The molecule has 5 rings (SSSR count). The van der Waals surface area contributed by atoms with E-state index in [1.165, 1.54) is 36.9 Å². The third-order valence-corrected chi connectivity index (χ3v) is 7.84. The molecule has 0 aliphatic carbocycles. The van der Waals surface area contributed by atoms with Crippen LogP contribution in [0, 0.1) is 12.7 Å². The molecule has 37 heavy (non-hydrogen) atoms. The molecule has 7 nitrogen and oxygen atoms in total. The van der Waals surface area contributed by atoms with Crippen LogP contribution in [0.5, 0.6) is 5.75 Å². The summed E-state index contributed by atoms with van der Waals surface area (Å²) in [7, 11) is -2.14. The molecule has 0 N–H and O–H groups in total. The summed E-state index contributed by atoms with van der Waals surface area (Å²) < 4.78 is 45.4. The van der Waals surface area contributed by atoms with Crippen LogP contribution in [0.15, 0.2) is 78.2 Å². The van der Waals surface area contributed by atoms with E-state index in [4.69, 9.17) is 16.3 Å². The van der Waals surface area contributed by atoms with E-state index in [9.17, 15) is 12.8 Å². The van der Waals surface area contributed by atoms with Crippen molar-refractivity contribution in [3.8, 4) is 28.1 Å². The number of halogens is 2. The van der Waals surface area contributed by atoms with Gasteiger partial charge in [0.25, 0.3) is 0 Å². The molecule has 0 saturated heterocycles. The van der Waals surface area contributed by atoms with E-state index >= 15 is 0 Å². The number of fused-ring (bicyclic) bond motifs is 1. The highest BCUT2D eigenvalue weighted by Crippen LogP contribution is 2.39. The van der Waals surface area contributed by atoms with Gasteiger partial charge in [0.1, 0.15) is 29.5 Å². The molecule has 0 radical (unpaired) electrons. The monoisotopic (exact) mass is 534 g/mol. The molecule has 5 aromatic rings. The summed E-state index contributed by atoms with van der Waals surface area (Å²) in [6, 6.07) is 14.7. The summed E-state index contributed by atoms with van der Waals surface area (Å²) in [5, 5.41) is 0.694. The number of aromatic nitrogens is 4. The molecule has 0 atom stereocenters. The second kappa shape index (κ2) is 9.84. The maximum absolute atomic E-state index is 13.7. The smallest absolute Gasteiger partial charge is 0.185 e. The molecule has 0 amide bonds. The predicted molar refractivity (Wildman–Crippen MR) is 140 cm³/mol. The fourth-order valence-corrected chi connectivity index (χ4v) is 5.52. The van der Waals surface area contributed by atoms with E-state index in [0.717, 1.165) is 16.7 Å². The first-order chi connectivity index (χ1) is 17.8. The van der Waals surface area contributed by atoms with Crippen molar-refractivity contribution in [1.29, 1.82) is 0 Å². The third-order valence-electron chi connectivity index (χ3n) is 5.94. The zero-order valence-corrected chi connectivity index (χ0v) is 21.4. The molecule has 2 aromatic heterocycles. The fourth-order valence-electron chi connectivity index (χ4n) is 4.12. The lowest BCUT2D eigenvalue weighted by Crippen LogP contribution is -2.08. The number of nitrogens with zero attached hydrogens (tertiary/aromatic N) is 4. The van der Waals surface area contributed by atoms with Crippen molar-refractivity contribution in [1.82, 2.24) is 19.9 Å². The van der Waals surface area contributed by atoms with Crippen molar-refractivity contribution in [2.24, 2.45) is 0 Å². The van der Waals surface area contributed by atoms with E-state index < -0.39 is 15.7 Å². The Bertz CT molecular complexity index is 1750. The molecule has 3 aromatic carbocycles. The highest BCUT2D eigenvalue weighted by Gasteiger charge is 2.20. The fraction of sp³-hybridized carbons (Fsp3) is 0.111. The van der Waals surface area contributed by atoms with E-state index in [-0.39, 0.29) is 21.5 Å². The number of ether oxygens (including phenoxy) is 1. The van der Waals surface area contributed by atoms with Crippen molar-refractivity contribution >= 4 is 32.3 Å². The summed E-state index contributed by atoms with van der Waals surface area (Å²) >= 11 is 6.00. The van der Waals surface area contributed by atoms with Gasteiger partial charge in [0.2, 0.25) is 0 Å². The molecular formula is C27H20ClFN4O3S. The first kappa shape index (κ1) is 24.7. The summed E-state index contributed by atoms with van der Waals surface area (Å²) in [6.45, 7) is 1.93. The summed E-state index contributed by atoms with van der Waals surface area (Å²) in [5.41, 5.74) is 4.24. The van der Waals surface area contributed by atoms with E-state index in [0.29, 0.717) is 27.9 Å². The van der Waals surface area contributed by atoms with Crippen molar-refractivity contribution in [3.05, 3.63) is 95.5 Å². The Morgan fingerprint density at radius 2 is 1.73 bits per heavy atom. The molecule has 0 bridgehead atoms. The summed E-state index contributed by atoms with van der Waals surface area (Å²) in [5.74, 6) is -0.0522. The molecule has 0 saturated carbocycles. The minimum absolute atomic E-state index is 0.0336. The van der Waals surface area contributed by atoms with Crippen molar-refractivity contribution in [2.45, 2.75) is 17.6 Å². The molecule has 0 unspecified atom stereocenters. The van der Waals surface area contributed by atoms with Gasteiger partial charge in [-0.05, 0) is 72.1 Å². The van der Waals surface area contributed by atoms with Gasteiger partial charge < -0.3 is 4.74 Å². The zero-order valence-electron chi connectivity index (χ0n) is 19.8. The van der Waals surface area contributed by atoms with E-state index in [1.54, 1.807) is 31.4 Å². The predicted octanol–water partition coefficient (Wildman–Crippen LogP) is 5.84. The first-order valence-corrected chi connectivity index (χ1v) is 13.2. The number of hydrogen-bond acceptors (Lipinski definition) is 7. The Kier molecular flexibility index (Phi) is 6.57. The van der Waals surface area contributed by atoms with Gasteiger partial charge in [-0.25, -0.2) is 32.7 Å². The van der Waals surface area contributed by atoms with Crippen LogP contribution in [0.3, 0.4) is 0 Å². The lowest BCUT2D eigenvalue weighted by molar-refractivity contribution is 0.416. The lowest BCUT2D eigenvalue weighted by atomic mass is 9.95. The van der Waals surface area contributed by atoms with E-state index in [1.807, 2.05) is 19.1 Å². The molecule has 0 spiro atoms. The minimum atomic E-state index is -3.69. The van der Waals surface area contributed by atoms with Gasteiger partial charge in [-0.15, -0.1) is 0 Å². The van der Waals surface area contributed by atoms with Crippen LogP contribution >= 0.6 is 11.6 Å². The third kappa shape index (κ3) is 4.87. The number of sulfone groups is 1. The molecule has 2 heterocycles. The topological polar surface area (TPSA) is 94.9 Å². The molecular weight excluding hydrogens is 515 g/mol. The van der Waals surface area contributed by atoms with Crippen LogP contribution in [0.25, 0.3) is 33.3 Å². The highest BCUT2D eigenvalue weighted by atomic mass is 35.5. The lowest BCUT2D eigenvalue weighted by Gasteiger charge is -2.15. The summed E-state index contributed by atoms with van der Waals surface area (Å²) in [4.78, 5) is 16.9. The first-order valence-electron chi connectivity index (χ1n) is 11.1. The van der Waals surface area contributed by atoms with Crippen LogP contribution in [0.1, 0.15) is 11.4 Å². The Morgan fingerprint density at radius 1 is 0.946 bits per heavy atom.